The molecule has 2 fully saturated rings. The first-order valence-corrected chi connectivity index (χ1v) is 6.78. The molecule has 0 radical (unpaired) electrons. The molecule has 19 heavy (non-hydrogen) atoms. The maximum atomic E-state index is 12.4. The number of carbonyl (C=O) groups excluding carboxylic acids is 1. The minimum atomic E-state index is -1.07. The standard InChI is InChI=1S/C13H21NO5/c1-14(11(15)10-9-18-7-8-19-10)13(12(16)17)5-3-2-4-6-13/h10H,2-9H2,1H3,(H,16,17). The number of ether oxygens (including phenoxy) is 2. The van der Waals surface area contributed by atoms with Gasteiger partial charge in [0.05, 0.1) is 19.8 Å². The fourth-order valence-corrected chi connectivity index (χ4v) is 2.89. The minimum Gasteiger partial charge on any atom is -0.479 e. The topological polar surface area (TPSA) is 76.1 Å². The second-order valence-corrected chi connectivity index (χ2v) is 5.23. The van der Waals surface area contributed by atoms with E-state index in [-0.39, 0.29) is 12.5 Å². The summed E-state index contributed by atoms with van der Waals surface area (Å²) in [5.41, 5.74) is -1.07. The van der Waals surface area contributed by atoms with Gasteiger partial charge in [-0.05, 0) is 12.8 Å². The first-order chi connectivity index (χ1) is 9.08. The van der Waals surface area contributed by atoms with Crippen molar-refractivity contribution in [3.8, 4) is 0 Å². The number of likely N-dealkylation sites (N-methyl/N-ethyl adjacent to an activating group) is 1. The van der Waals surface area contributed by atoms with Crippen molar-refractivity contribution in [1.29, 1.82) is 0 Å². The summed E-state index contributed by atoms with van der Waals surface area (Å²) in [6.07, 6.45) is 3.06. The third-order valence-corrected chi connectivity index (χ3v) is 4.14. The Bertz CT molecular complexity index is 345. The summed E-state index contributed by atoms with van der Waals surface area (Å²) in [4.78, 5) is 25.4. The summed E-state index contributed by atoms with van der Waals surface area (Å²) < 4.78 is 10.6. The van der Waals surface area contributed by atoms with Crippen LogP contribution in [0.5, 0.6) is 0 Å². The van der Waals surface area contributed by atoms with Gasteiger partial charge in [0.15, 0.2) is 6.10 Å². The van der Waals surface area contributed by atoms with Crippen molar-refractivity contribution in [1.82, 2.24) is 4.90 Å². The minimum absolute atomic E-state index is 0.207. The van der Waals surface area contributed by atoms with Gasteiger partial charge >= 0.3 is 5.97 Å². The van der Waals surface area contributed by atoms with E-state index in [0.717, 1.165) is 19.3 Å². The zero-order chi connectivity index (χ0) is 13.9. The van der Waals surface area contributed by atoms with Gasteiger partial charge < -0.3 is 19.5 Å². The normalized spacial score (nSPS) is 26.7. The Morgan fingerprint density at radius 3 is 2.42 bits per heavy atom. The van der Waals surface area contributed by atoms with Crippen LogP contribution in [0.2, 0.25) is 0 Å². The molecular formula is C13H21NO5. The fraction of sp³-hybridized carbons (Fsp3) is 0.846. The largest absolute Gasteiger partial charge is 0.479 e. The Labute approximate surface area is 112 Å². The van der Waals surface area contributed by atoms with E-state index in [0.29, 0.717) is 26.1 Å². The molecule has 108 valence electrons. The maximum absolute atomic E-state index is 12.4. The van der Waals surface area contributed by atoms with Crippen LogP contribution >= 0.6 is 0 Å². The van der Waals surface area contributed by atoms with Gasteiger partial charge in [0.2, 0.25) is 0 Å². The number of nitrogens with zero attached hydrogens (tertiary/aromatic N) is 1. The monoisotopic (exact) mass is 271 g/mol. The van der Waals surface area contributed by atoms with Crippen molar-refractivity contribution < 1.29 is 24.2 Å². The van der Waals surface area contributed by atoms with Crippen LogP contribution in [-0.2, 0) is 19.1 Å². The number of hydrogen-bond donors (Lipinski definition) is 1. The molecule has 1 aliphatic heterocycles. The van der Waals surface area contributed by atoms with Crippen molar-refractivity contribution >= 4 is 11.9 Å². The molecular weight excluding hydrogens is 250 g/mol. The molecule has 0 aromatic rings. The van der Waals surface area contributed by atoms with Gasteiger partial charge in [0, 0.05) is 7.05 Å². The lowest BCUT2D eigenvalue weighted by Crippen LogP contribution is -2.59. The van der Waals surface area contributed by atoms with Crippen molar-refractivity contribution in [2.75, 3.05) is 26.9 Å². The summed E-state index contributed by atoms with van der Waals surface area (Å²) in [5.74, 6) is -1.20. The van der Waals surface area contributed by atoms with E-state index in [1.54, 1.807) is 7.05 Å². The lowest BCUT2D eigenvalue weighted by molar-refractivity contribution is -0.172. The molecule has 0 bridgehead atoms. The Balaban J connectivity index is 2.12. The molecule has 2 aliphatic rings. The fourth-order valence-electron chi connectivity index (χ4n) is 2.89. The van der Waals surface area contributed by atoms with Crippen LogP contribution in [0.3, 0.4) is 0 Å². The van der Waals surface area contributed by atoms with Crippen LogP contribution in [0.25, 0.3) is 0 Å². The smallest absolute Gasteiger partial charge is 0.329 e. The number of hydrogen-bond acceptors (Lipinski definition) is 4. The van der Waals surface area contributed by atoms with Crippen molar-refractivity contribution in [2.45, 2.75) is 43.7 Å². The predicted molar refractivity (Wildman–Crippen MR) is 66.8 cm³/mol. The van der Waals surface area contributed by atoms with E-state index < -0.39 is 17.6 Å². The Morgan fingerprint density at radius 2 is 1.89 bits per heavy atom. The number of rotatable bonds is 3. The van der Waals surface area contributed by atoms with E-state index in [4.69, 9.17) is 9.47 Å². The zero-order valence-electron chi connectivity index (χ0n) is 11.3. The Hall–Kier alpha value is -1.14. The van der Waals surface area contributed by atoms with Crippen LogP contribution in [0.1, 0.15) is 32.1 Å². The molecule has 0 aromatic carbocycles. The second kappa shape index (κ2) is 5.88. The molecule has 6 heteroatoms. The lowest BCUT2D eigenvalue weighted by Gasteiger charge is -2.42. The van der Waals surface area contributed by atoms with Crippen LogP contribution in [0.4, 0.5) is 0 Å². The zero-order valence-corrected chi connectivity index (χ0v) is 11.3. The van der Waals surface area contributed by atoms with Crippen LogP contribution < -0.4 is 0 Å². The first-order valence-electron chi connectivity index (χ1n) is 6.78. The highest BCUT2D eigenvalue weighted by Gasteiger charge is 2.47. The summed E-state index contributed by atoms with van der Waals surface area (Å²) in [6.45, 7) is 1.07. The van der Waals surface area contributed by atoms with Gasteiger partial charge in [0.1, 0.15) is 5.54 Å². The summed E-state index contributed by atoms with van der Waals surface area (Å²) in [5, 5.41) is 9.54. The van der Waals surface area contributed by atoms with Gasteiger partial charge in [-0.25, -0.2) is 4.79 Å². The molecule has 1 saturated heterocycles. The highest BCUT2D eigenvalue weighted by atomic mass is 16.6. The van der Waals surface area contributed by atoms with E-state index in [9.17, 15) is 14.7 Å². The van der Waals surface area contributed by atoms with Crippen molar-refractivity contribution in [3.63, 3.8) is 0 Å². The summed E-state index contributed by atoms with van der Waals surface area (Å²) in [6, 6.07) is 0. The first kappa shape index (κ1) is 14.3. The summed E-state index contributed by atoms with van der Waals surface area (Å²) >= 11 is 0. The maximum Gasteiger partial charge on any atom is 0.329 e. The van der Waals surface area contributed by atoms with Gasteiger partial charge in [-0.2, -0.15) is 0 Å². The van der Waals surface area contributed by atoms with Crippen molar-refractivity contribution in [2.24, 2.45) is 0 Å². The molecule has 0 aromatic heterocycles. The van der Waals surface area contributed by atoms with E-state index >= 15 is 0 Å². The third kappa shape index (κ3) is 2.74. The molecule has 1 heterocycles. The number of aliphatic carboxylic acids is 1. The molecule has 1 unspecified atom stereocenters. The molecule has 1 aliphatic carbocycles. The number of carboxylic acids is 1. The average molecular weight is 271 g/mol. The highest BCUT2D eigenvalue weighted by molar-refractivity contribution is 5.89. The van der Waals surface area contributed by atoms with E-state index in [2.05, 4.69) is 0 Å². The van der Waals surface area contributed by atoms with Crippen molar-refractivity contribution in [3.05, 3.63) is 0 Å². The number of carbonyl (C=O) groups is 2. The number of amides is 1. The third-order valence-electron chi connectivity index (χ3n) is 4.14. The molecule has 6 nitrogen and oxygen atoms in total. The summed E-state index contributed by atoms with van der Waals surface area (Å²) in [7, 11) is 1.57. The average Bonchev–Trinajstić information content (AvgIpc) is 2.47. The number of carboxylic acid groups (broad SMARTS) is 1. The molecule has 1 saturated carbocycles. The SMILES string of the molecule is CN(C(=O)C1COCCO1)C1(C(=O)O)CCCCC1. The van der Waals surface area contributed by atoms with E-state index in [1.807, 2.05) is 0 Å². The van der Waals surface area contributed by atoms with Crippen LogP contribution in [0, 0.1) is 0 Å². The lowest BCUT2D eigenvalue weighted by atomic mass is 9.80. The van der Waals surface area contributed by atoms with Gasteiger partial charge in [-0.3, -0.25) is 4.79 Å². The second-order valence-electron chi connectivity index (χ2n) is 5.23. The van der Waals surface area contributed by atoms with Crippen LogP contribution in [-0.4, -0.2) is 60.4 Å². The molecule has 2 rings (SSSR count). The van der Waals surface area contributed by atoms with Crippen LogP contribution in [0.15, 0.2) is 0 Å². The predicted octanol–water partition coefficient (Wildman–Crippen LogP) is 0.648. The highest BCUT2D eigenvalue weighted by Crippen LogP contribution is 2.34. The molecule has 1 atom stereocenters. The molecule has 1 N–H and O–H groups in total. The Kier molecular flexibility index (Phi) is 4.42. The Morgan fingerprint density at radius 1 is 1.21 bits per heavy atom. The van der Waals surface area contributed by atoms with E-state index in [1.165, 1.54) is 4.90 Å². The van der Waals surface area contributed by atoms with Gasteiger partial charge in [0.25, 0.3) is 5.91 Å². The quantitative estimate of drug-likeness (QED) is 0.815. The van der Waals surface area contributed by atoms with Gasteiger partial charge in [-0.15, -0.1) is 0 Å². The molecule has 0 spiro atoms. The van der Waals surface area contributed by atoms with Gasteiger partial charge in [-0.1, -0.05) is 19.3 Å². The molecule has 1 amide bonds.